The minimum Gasteiger partial charge on any atom is -0.337 e. The Morgan fingerprint density at radius 2 is 1.48 bits per heavy atom. The molecule has 0 spiro atoms. The summed E-state index contributed by atoms with van der Waals surface area (Å²) in [5.74, 6) is 0.569. The van der Waals surface area contributed by atoms with E-state index < -0.39 is 0 Å². The quantitative estimate of drug-likeness (QED) is 0.808. The van der Waals surface area contributed by atoms with Gasteiger partial charge in [-0.3, -0.25) is 4.79 Å². The highest BCUT2D eigenvalue weighted by Crippen LogP contribution is 2.31. The van der Waals surface area contributed by atoms with Crippen LogP contribution in [0.4, 0.5) is 0 Å². The smallest absolute Gasteiger partial charge is 0.225 e. The van der Waals surface area contributed by atoms with E-state index in [-0.39, 0.29) is 5.92 Å². The third kappa shape index (κ3) is 4.70. The lowest BCUT2D eigenvalue weighted by Gasteiger charge is -2.43. The maximum Gasteiger partial charge on any atom is 0.225 e. The zero-order valence-electron chi connectivity index (χ0n) is 13.9. The van der Waals surface area contributed by atoms with E-state index in [2.05, 4.69) is 11.8 Å². The Kier molecular flexibility index (Phi) is 7.01. The zero-order chi connectivity index (χ0) is 15.1. The first kappa shape index (κ1) is 16.8. The number of carbonyl (C=O) groups is 1. The van der Waals surface area contributed by atoms with Crippen molar-refractivity contribution in [2.24, 2.45) is 11.7 Å². The largest absolute Gasteiger partial charge is 0.337 e. The van der Waals surface area contributed by atoms with Crippen LogP contribution in [-0.4, -0.2) is 29.4 Å². The van der Waals surface area contributed by atoms with Gasteiger partial charge in [0.05, 0.1) is 0 Å². The van der Waals surface area contributed by atoms with Crippen LogP contribution in [0.2, 0.25) is 0 Å². The number of hydrogen-bond acceptors (Lipinski definition) is 2. The van der Waals surface area contributed by atoms with Crippen molar-refractivity contribution in [3.63, 3.8) is 0 Å². The fourth-order valence-corrected chi connectivity index (χ4v) is 4.18. The van der Waals surface area contributed by atoms with Crippen LogP contribution in [0, 0.1) is 5.92 Å². The topological polar surface area (TPSA) is 46.3 Å². The van der Waals surface area contributed by atoms with Gasteiger partial charge in [0.1, 0.15) is 0 Å². The lowest BCUT2D eigenvalue weighted by molar-refractivity contribution is -0.142. The molecule has 1 amide bonds. The van der Waals surface area contributed by atoms with Crippen molar-refractivity contribution >= 4 is 5.91 Å². The third-order valence-electron chi connectivity index (χ3n) is 5.45. The number of amides is 1. The summed E-state index contributed by atoms with van der Waals surface area (Å²) in [6.45, 7) is 2.81. The first-order chi connectivity index (χ1) is 10.2. The van der Waals surface area contributed by atoms with Crippen molar-refractivity contribution in [1.29, 1.82) is 0 Å². The molecule has 122 valence electrons. The molecule has 2 saturated carbocycles. The summed E-state index contributed by atoms with van der Waals surface area (Å²) in [4.78, 5) is 15.4. The molecule has 0 aromatic heterocycles. The average Bonchev–Trinajstić information content (AvgIpc) is 2.54. The summed E-state index contributed by atoms with van der Waals surface area (Å²) in [6, 6.07) is 1.05. The summed E-state index contributed by atoms with van der Waals surface area (Å²) in [6.07, 6.45) is 14.8. The third-order valence-corrected chi connectivity index (χ3v) is 5.45. The summed E-state index contributed by atoms with van der Waals surface area (Å²) >= 11 is 0. The van der Waals surface area contributed by atoms with E-state index in [0.717, 1.165) is 12.8 Å². The Labute approximate surface area is 130 Å². The van der Waals surface area contributed by atoms with Crippen LogP contribution in [0.1, 0.15) is 84.0 Å². The predicted octanol–water partition coefficient (Wildman–Crippen LogP) is 3.86. The van der Waals surface area contributed by atoms with E-state index in [4.69, 9.17) is 5.73 Å². The number of hydrogen-bond donors (Lipinski definition) is 1. The van der Waals surface area contributed by atoms with E-state index in [0.29, 0.717) is 24.5 Å². The molecule has 0 heterocycles. The number of rotatable bonds is 6. The Morgan fingerprint density at radius 1 is 1.00 bits per heavy atom. The lowest BCUT2D eigenvalue weighted by Crippen LogP contribution is -2.50. The average molecular weight is 294 g/mol. The molecule has 0 saturated heterocycles. The van der Waals surface area contributed by atoms with E-state index in [9.17, 15) is 4.79 Å². The fraction of sp³-hybridized carbons (Fsp3) is 0.944. The molecule has 3 nitrogen and oxygen atoms in total. The molecule has 0 aromatic carbocycles. The molecule has 0 aromatic rings. The van der Waals surface area contributed by atoms with Gasteiger partial charge in [0, 0.05) is 18.0 Å². The standard InChI is InChI=1S/C18H34N2O/c1-15(9-8-14-19)18(21)20(16-10-4-2-5-11-16)17-12-6-3-7-13-17/h15-17H,2-14,19H2,1H3. The molecule has 0 radical (unpaired) electrons. The van der Waals surface area contributed by atoms with Crippen LogP contribution < -0.4 is 5.73 Å². The van der Waals surface area contributed by atoms with E-state index in [1.807, 2.05) is 0 Å². The SMILES string of the molecule is CC(CCCN)C(=O)N(C1CCCCC1)C1CCCCC1. The molecule has 2 aliphatic rings. The highest BCUT2D eigenvalue weighted by molar-refractivity contribution is 5.79. The normalized spacial score (nSPS) is 23.0. The van der Waals surface area contributed by atoms with E-state index >= 15 is 0 Å². The van der Waals surface area contributed by atoms with Gasteiger partial charge in [-0.05, 0) is 45.1 Å². The summed E-state index contributed by atoms with van der Waals surface area (Å²) < 4.78 is 0. The molecule has 2 rings (SSSR count). The second kappa shape index (κ2) is 8.77. The lowest BCUT2D eigenvalue weighted by atomic mass is 9.87. The van der Waals surface area contributed by atoms with Crippen molar-refractivity contribution in [1.82, 2.24) is 4.90 Å². The van der Waals surface area contributed by atoms with Gasteiger partial charge in [-0.25, -0.2) is 0 Å². The van der Waals surface area contributed by atoms with Gasteiger partial charge < -0.3 is 10.6 Å². The Bertz CT molecular complexity index is 288. The summed E-state index contributed by atoms with van der Waals surface area (Å²) in [5, 5.41) is 0. The predicted molar refractivity (Wildman–Crippen MR) is 88.0 cm³/mol. The monoisotopic (exact) mass is 294 g/mol. The molecule has 0 bridgehead atoms. The fourth-order valence-electron chi connectivity index (χ4n) is 4.18. The van der Waals surface area contributed by atoms with Crippen molar-refractivity contribution in [3.8, 4) is 0 Å². The van der Waals surface area contributed by atoms with Gasteiger partial charge in [0.25, 0.3) is 0 Å². The maximum atomic E-state index is 13.0. The Morgan fingerprint density at radius 3 is 1.90 bits per heavy atom. The van der Waals surface area contributed by atoms with E-state index in [1.54, 1.807) is 0 Å². The zero-order valence-corrected chi connectivity index (χ0v) is 13.9. The number of nitrogens with two attached hydrogens (primary N) is 1. The molecule has 2 fully saturated rings. The van der Waals surface area contributed by atoms with Gasteiger partial charge in [-0.15, -0.1) is 0 Å². The van der Waals surface area contributed by atoms with Crippen LogP contribution in [0.15, 0.2) is 0 Å². The molecule has 3 heteroatoms. The molecule has 0 aliphatic heterocycles. The van der Waals surface area contributed by atoms with Crippen molar-refractivity contribution < 1.29 is 4.79 Å². The minimum atomic E-state index is 0.150. The summed E-state index contributed by atoms with van der Waals surface area (Å²) in [5.41, 5.74) is 5.61. The van der Waals surface area contributed by atoms with Crippen LogP contribution in [0.5, 0.6) is 0 Å². The van der Waals surface area contributed by atoms with Crippen LogP contribution in [-0.2, 0) is 4.79 Å². The minimum absolute atomic E-state index is 0.150. The number of carbonyl (C=O) groups excluding carboxylic acids is 1. The van der Waals surface area contributed by atoms with Crippen molar-refractivity contribution in [3.05, 3.63) is 0 Å². The summed E-state index contributed by atoms with van der Waals surface area (Å²) in [7, 11) is 0. The molecular formula is C18H34N2O. The Hall–Kier alpha value is -0.570. The highest BCUT2D eigenvalue weighted by Gasteiger charge is 2.34. The van der Waals surface area contributed by atoms with Gasteiger partial charge in [0.15, 0.2) is 0 Å². The van der Waals surface area contributed by atoms with Crippen LogP contribution >= 0.6 is 0 Å². The number of nitrogens with zero attached hydrogens (tertiary/aromatic N) is 1. The molecule has 1 atom stereocenters. The highest BCUT2D eigenvalue weighted by atomic mass is 16.2. The second-order valence-electron chi connectivity index (χ2n) is 7.16. The van der Waals surface area contributed by atoms with Crippen LogP contribution in [0.3, 0.4) is 0 Å². The van der Waals surface area contributed by atoms with Gasteiger partial charge in [0.2, 0.25) is 5.91 Å². The molecular weight excluding hydrogens is 260 g/mol. The van der Waals surface area contributed by atoms with E-state index in [1.165, 1.54) is 64.2 Å². The van der Waals surface area contributed by atoms with Crippen molar-refractivity contribution in [2.45, 2.75) is 96.1 Å². The van der Waals surface area contributed by atoms with Gasteiger partial charge in [-0.1, -0.05) is 45.4 Å². The van der Waals surface area contributed by atoms with Crippen molar-refractivity contribution in [2.75, 3.05) is 6.54 Å². The molecule has 21 heavy (non-hydrogen) atoms. The molecule has 2 aliphatic carbocycles. The second-order valence-corrected chi connectivity index (χ2v) is 7.16. The molecule has 2 N–H and O–H groups in total. The van der Waals surface area contributed by atoms with Gasteiger partial charge >= 0.3 is 0 Å². The van der Waals surface area contributed by atoms with Gasteiger partial charge in [-0.2, -0.15) is 0 Å². The first-order valence-corrected chi connectivity index (χ1v) is 9.26. The first-order valence-electron chi connectivity index (χ1n) is 9.26. The maximum absolute atomic E-state index is 13.0. The molecule has 1 unspecified atom stereocenters. The Balaban J connectivity index is 2.03. The van der Waals surface area contributed by atoms with Crippen LogP contribution in [0.25, 0.3) is 0 Å².